The van der Waals surface area contributed by atoms with E-state index in [0.29, 0.717) is 18.9 Å². The second-order valence-electron chi connectivity index (χ2n) is 4.93. The minimum atomic E-state index is -0.0252. The third-order valence-corrected chi connectivity index (χ3v) is 3.72. The van der Waals surface area contributed by atoms with E-state index < -0.39 is 0 Å². The maximum absolute atomic E-state index is 11.9. The molecule has 2 fully saturated rings. The van der Waals surface area contributed by atoms with Gasteiger partial charge in [-0.3, -0.25) is 9.59 Å². The van der Waals surface area contributed by atoms with Gasteiger partial charge in [0.25, 0.3) is 0 Å². The van der Waals surface area contributed by atoms with Gasteiger partial charge in [-0.1, -0.05) is 30.3 Å². The van der Waals surface area contributed by atoms with Crippen molar-refractivity contribution in [2.75, 3.05) is 13.1 Å². The van der Waals surface area contributed by atoms with Crippen molar-refractivity contribution in [3.63, 3.8) is 0 Å². The summed E-state index contributed by atoms with van der Waals surface area (Å²) in [5.41, 5.74) is 1.29. The summed E-state index contributed by atoms with van der Waals surface area (Å²) in [6.07, 6.45) is 1.44. The fourth-order valence-electron chi connectivity index (χ4n) is 2.65. The van der Waals surface area contributed by atoms with Gasteiger partial charge in [-0.2, -0.15) is 0 Å². The molecule has 1 aromatic carbocycles. The van der Waals surface area contributed by atoms with Gasteiger partial charge in [-0.25, -0.2) is 0 Å². The Balaban J connectivity index is 1.70. The largest absolute Gasteiger partial charge is 0.347 e. The Morgan fingerprint density at radius 3 is 2.72 bits per heavy atom. The van der Waals surface area contributed by atoms with Gasteiger partial charge in [-0.05, 0) is 12.0 Å². The van der Waals surface area contributed by atoms with Gasteiger partial charge in [0.15, 0.2) is 0 Å². The predicted molar refractivity (Wildman–Crippen MR) is 66.9 cm³/mol. The lowest BCUT2D eigenvalue weighted by Gasteiger charge is -2.20. The van der Waals surface area contributed by atoms with E-state index in [1.807, 2.05) is 23.1 Å². The third kappa shape index (κ3) is 2.10. The zero-order chi connectivity index (χ0) is 12.5. The molecule has 94 valence electrons. The van der Waals surface area contributed by atoms with Crippen molar-refractivity contribution in [1.82, 2.24) is 10.2 Å². The minimum absolute atomic E-state index is 0.0252. The molecule has 1 saturated carbocycles. The number of hydrogen-bond donors (Lipinski definition) is 1. The number of hydrogen-bond acceptors (Lipinski definition) is 2. The molecule has 1 heterocycles. The maximum atomic E-state index is 11.9. The van der Waals surface area contributed by atoms with Gasteiger partial charge in [0, 0.05) is 24.9 Å². The number of benzene rings is 1. The van der Waals surface area contributed by atoms with Gasteiger partial charge in [0.05, 0.1) is 6.54 Å². The van der Waals surface area contributed by atoms with E-state index in [9.17, 15) is 9.59 Å². The summed E-state index contributed by atoms with van der Waals surface area (Å²) < 4.78 is 0. The van der Waals surface area contributed by atoms with Crippen LogP contribution in [0.15, 0.2) is 30.3 Å². The second-order valence-corrected chi connectivity index (χ2v) is 4.93. The molecule has 18 heavy (non-hydrogen) atoms. The highest BCUT2D eigenvalue weighted by Crippen LogP contribution is 2.44. The molecule has 4 heteroatoms. The number of nitrogens with one attached hydrogen (secondary N) is 1. The Morgan fingerprint density at radius 2 is 1.94 bits per heavy atom. The standard InChI is InChI=1S/C14H16N2O2/c17-13-6-7-16(14(18)9-15-13)12-8-11(12)10-4-2-1-3-5-10/h1-5,11-12H,6-9H2,(H,15,17). The van der Waals surface area contributed by atoms with Crippen molar-refractivity contribution in [2.24, 2.45) is 0 Å². The fourth-order valence-corrected chi connectivity index (χ4v) is 2.65. The van der Waals surface area contributed by atoms with Crippen molar-refractivity contribution in [1.29, 1.82) is 0 Å². The third-order valence-electron chi connectivity index (χ3n) is 3.72. The van der Waals surface area contributed by atoms with Crippen LogP contribution in [0.4, 0.5) is 0 Å². The molecule has 4 nitrogen and oxygen atoms in total. The molecule has 2 aliphatic rings. The van der Waals surface area contributed by atoms with Crippen LogP contribution >= 0.6 is 0 Å². The Kier molecular flexibility index (Phi) is 2.78. The smallest absolute Gasteiger partial charge is 0.242 e. The van der Waals surface area contributed by atoms with E-state index in [-0.39, 0.29) is 24.4 Å². The number of nitrogens with zero attached hydrogens (tertiary/aromatic N) is 1. The summed E-state index contributed by atoms with van der Waals surface area (Å²) in [6.45, 7) is 0.704. The molecule has 2 amide bonds. The van der Waals surface area contributed by atoms with Gasteiger partial charge in [0.1, 0.15) is 0 Å². The van der Waals surface area contributed by atoms with Crippen LogP contribution in [0.3, 0.4) is 0 Å². The van der Waals surface area contributed by atoms with E-state index in [1.165, 1.54) is 5.56 Å². The van der Waals surface area contributed by atoms with E-state index in [2.05, 4.69) is 17.4 Å². The molecule has 1 N–H and O–H groups in total. The van der Waals surface area contributed by atoms with Crippen LogP contribution in [0.2, 0.25) is 0 Å². The van der Waals surface area contributed by atoms with Crippen LogP contribution in [0.1, 0.15) is 24.3 Å². The quantitative estimate of drug-likeness (QED) is 0.840. The van der Waals surface area contributed by atoms with Gasteiger partial charge in [-0.15, -0.1) is 0 Å². The fraction of sp³-hybridized carbons (Fsp3) is 0.429. The number of amides is 2. The molecule has 0 radical (unpaired) electrons. The summed E-state index contributed by atoms with van der Waals surface area (Å²) >= 11 is 0. The molecule has 1 aromatic rings. The van der Waals surface area contributed by atoms with Gasteiger partial charge in [0.2, 0.25) is 11.8 Å². The first-order chi connectivity index (χ1) is 8.75. The summed E-state index contributed by atoms with van der Waals surface area (Å²) in [5, 5.41) is 2.63. The molecule has 1 saturated heterocycles. The molecule has 0 bridgehead atoms. The Hall–Kier alpha value is -1.84. The van der Waals surface area contributed by atoms with E-state index in [4.69, 9.17) is 0 Å². The highest BCUT2D eigenvalue weighted by atomic mass is 16.2. The van der Waals surface area contributed by atoms with E-state index >= 15 is 0 Å². The lowest BCUT2D eigenvalue weighted by Crippen LogP contribution is -2.37. The lowest BCUT2D eigenvalue weighted by molar-refractivity contribution is -0.130. The molecule has 0 spiro atoms. The summed E-state index contributed by atoms with van der Waals surface area (Å²) in [7, 11) is 0. The van der Waals surface area contributed by atoms with Gasteiger partial charge >= 0.3 is 0 Å². The zero-order valence-electron chi connectivity index (χ0n) is 10.1. The Labute approximate surface area is 106 Å². The monoisotopic (exact) mass is 244 g/mol. The average Bonchev–Trinajstić information content (AvgIpc) is 3.18. The lowest BCUT2D eigenvalue weighted by atomic mass is 10.1. The Bertz CT molecular complexity index is 472. The number of carbonyl (C=O) groups is 2. The van der Waals surface area contributed by atoms with Crippen LogP contribution < -0.4 is 5.32 Å². The first-order valence-electron chi connectivity index (χ1n) is 6.37. The SMILES string of the molecule is O=C1CCN(C2CC2c2ccccc2)C(=O)CN1. The average molecular weight is 244 g/mol. The number of rotatable bonds is 2. The predicted octanol–water partition coefficient (Wildman–Crippen LogP) is 0.891. The highest BCUT2D eigenvalue weighted by molar-refractivity contribution is 5.87. The molecule has 0 aromatic heterocycles. The first-order valence-corrected chi connectivity index (χ1v) is 6.37. The first kappa shape index (κ1) is 11.3. The Morgan fingerprint density at radius 1 is 1.17 bits per heavy atom. The highest BCUT2D eigenvalue weighted by Gasteiger charge is 2.44. The molecule has 2 unspecified atom stereocenters. The van der Waals surface area contributed by atoms with Crippen molar-refractivity contribution < 1.29 is 9.59 Å². The molecular weight excluding hydrogens is 228 g/mol. The summed E-state index contributed by atoms with van der Waals surface area (Å²) in [5.74, 6) is 0.468. The van der Waals surface area contributed by atoms with Crippen molar-refractivity contribution in [2.45, 2.75) is 24.8 Å². The van der Waals surface area contributed by atoms with Crippen LogP contribution in [0.25, 0.3) is 0 Å². The maximum Gasteiger partial charge on any atom is 0.242 e. The van der Waals surface area contributed by atoms with Crippen LogP contribution in [0.5, 0.6) is 0 Å². The van der Waals surface area contributed by atoms with E-state index in [1.54, 1.807) is 0 Å². The zero-order valence-corrected chi connectivity index (χ0v) is 10.1. The molecular formula is C14H16N2O2. The molecule has 3 rings (SSSR count). The molecule has 1 aliphatic heterocycles. The minimum Gasteiger partial charge on any atom is -0.347 e. The molecule has 2 atom stereocenters. The van der Waals surface area contributed by atoms with Gasteiger partial charge < -0.3 is 10.2 Å². The van der Waals surface area contributed by atoms with Crippen molar-refractivity contribution in [3.05, 3.63) is 35.9 Å². The van der Waals surface area contributed by atoms with Crippen LogP contribution in [-0.4, -0.2) is 35.8 Å². The van der Waals surface area contributed by atoms with Crippen LogP contribution in [0, 0.1) is 0 Å². The molecule has 1 aliphatic carbocycles. The van der Waals surface area contributed by atoms with Crippen molar-refractivity contribution >= 4 is 11.8 Å². The van der Waals surface area contributed by atoms with E-state index in [0.717, 1.165) is 6.42 Å². The van der Waals surface area contributed by atoms with Crippen LogP contribution in [-0.2, 0) is 9.59 Å². The number of carbonyl (C=O) groups excluding carboxylic acids is 2. The second kappa shape index (κ2) is 4.44. The van der Waals surface area contributed by atoms with Crippen molar-refractivity contribution in [3.8, 4) is 0 Å². The summed E-state index contributed by atoms with van der Waals surface area (Å²) in [6, 6.07) is 10.6. The topological polar surface area (TPSA) is 49.4 Å². The summed E-state index contributed by atoms with van der Waals surface area (Å²) in [4.78, 5) is 25.1. The normalized spacial score (nSPS) is 27.7.